The fourth-order valence-corrected chi connectivity index (χ4v) is 1.36. The normalized spacial score (nSPS) is 15.3. The molecule has 1 atom stereocenters. The monoisotopic (exact) mass is 141 g/mol. The lowest BCUT2D eigenvalue weighted by Gasteiger charge is -2.29. The summed E-state index contributed by atoms with van der Waals surface area (Å²) >= 11 is 0. The van der Waals surface area contributed by atoms with Gasteiger partial charge in [0.2, 0.25) is 0 Å². The lowest BCUT2D eigenvalue weighted by Crippen LogP contribution is -2.19. The van der Waals surface area contributed by atoms with Crippen LogP contribution in [-0.4, -0.2) is 0 Å². The minimum absolute atomic E-state index is 0.456. The zero-order chi connectivity index (χ0) is 8.20. The van der Waals surface area contributed by atoms with E-state index < -0.39 is 0 Å². The van der Waals surface area contributed by atoms with Crippen LogP contribution in [0, 0.1) is 18.3 Å². The van der Waals surface area contributed by atoms with Crippen LogP contribution in [0.25, 0.3) is 0 Å². The third kappa shape index (κ3) is 3.24. The van der Waals surface area contributed by atoms with E-state index in [2.05, 4.69) is 34.6 Å². The lowest BCUT2D eigenvalue weighted by molar-refractivity contribution is 0.225. The first-order valence-corrected chi connectivity index (χ1v) is 4.31. The zero-order valence-electron chi connectivity index (χ0n) is 7.91. The van der Waals surface area contributed by atoms with Crippen molar-refractivity contribution < 1.29 is 0 Å². The summed E-state index contributed by atoms with van der Waals surface area (Å²) in [5.74, 6) is 0.803. The van der Waals surface area contributed by atoms with Crippen molar-refractivity contribution in [1.29, 1.82) is 0 Å². The highest BCUT2D eigenvalue weighted by Crippen LogP contribution is 2.31. The van der Waals surface area contributed by atoms with Crippen molar-refractivity contribution in [3.05, 3.63) is 6.92 Å². The molecule has 0 heteroatoms. The fourth-order valence-electron chi connectivity index (χ4n) is 1.36. The molecule has 0 saturated carbocycles. The van der Waals surface area contributed by atoms with Crippen LogP contribution in [0.5, 0.6) is 0 Å². The molecule has 0 aromatic carbocycles. The predicted molar refractivity (Wildman–Crippen MR) is 47.8 cm³/mol. The molecule has 0 aliphatic rings. The van der Waals surface area contributed by atoms with Gasteiger partial charge in [0.1, 0.15) is 0 Å². The number of hydrogen-bond donors (Lipinski definition) is 0. The second-order valence-electron chi connectivity index (χ2n) is 4.14. The Labute approximate surface area is 66.0 Å². The molecule has 0 aliphatic carbocycles. The van der Waals surface area contributed by atoms with E-state index in [1.54, 1.807) is 0 Å². The van der Waals surface area contributed by atoms with Crippen molar-refractivity contribution in [2.75, 3.05) is 0 Å². The standard InChI is InChI=1S/C10H21/c1-6-8-9(7-2)10(3,4)5/h9H,2,6-8H2,1,3-5H3. The van der Waals surface area contributed by atoms with Gasteiger partial charge in [-0.05, 0) is 17.8 Å². The van der Waals surface area contributed by atoms with E-state index in [4.69, 9.17) is 0 Å². The number of rotatable bonds is 3. The lowest BCUT2D eigenvalue weighted by atomic mass is 9.77. The smallest absolute Gasteiger partial charge is 0.0354 e. The second kappa shape index (κ2) is 4.00. The van der Waals surface area contributed by atoms with E-state index in [0.29, 0.717) is 5.41 Å². The van der Waals surface area contributed by atoms with Crippen LogP contribution in [-0.2, 0) is 0 Å². The third-order valence-corrected chi connectivity index (χ3v) is 2.21. The SMILES string of the molecule is [CH2]CC(CCC)C(C)(C)C. The quantitative estimate of drug-likeness (QED) is 0.562. The predicted octanol–water partition coefficient (Wildman–Crippen LogP) is 3.67. The summed E-state index contributed by atoms with van der Waals surface area (Å²) < 4.78 is 0. The van der Waals surface area contributed by atoms with Crippen LogP contribution in [0.2, 0.25) is 0 Å². The molecule has 0 nitrogen and oxygen atoms in total. The average Bonchev–Trinajstić information content (AvgIpc) is 1.80. The molecular weight excluding hydrogens is 120 g/mol. The largest absolute Gasteiger partial charge is 0.0654 e. The van der Waals surface area contributed by atoms with Crippen molar-refractivity contribution in [1.82, 2.24) is 0 Å². The first-order valence-electron chi connectivity index (χ1n) is 4.31. The first kappa shape index (κ1) is 10.0. The summed E-state index contributed by atoms with van der Waals surface area (Å²) in [6.07, 6.45) is 3.70. The van der Waals surface area contributed by atoms with Gasteiger partial charge in [0, 0.05) is 0 Å². The minimum Gasteiger partial charge on any atom is -0.0654 e. The molecule has 0 fully saturated rings. The van der Waals surface area contributed by atoms with Gasteiger partial charge in [0.05, 0.1) is 0 Å². The molecule has 0 aliphatic heterocycles. The Morgan fingerprint density at radius 2 is 1.80 bits per heavy atom. The average molecular weight is 141 g/mol. The van der Waals surface area contributed by atoms with Crippen LogP contribution in [0.4, 0.5) is 0 Å². The van der Waals surface area contributed by atoms with Gasteiger partial charge in [-0.1, -0.05) is 47.5 Å². The number of hydrogen-bond acceptors (Lipinski definition) is 0. The van der Waals surface area contributed by atoms with Gasteiger partial charge in [-0.25, -0.2) is 0 Å². The molecule has 10 heavy (non-hydrogen) atoms. The van der Waals surface area contributed by atoms with E-state index in [0.717, 1.165) is 12.3 Å². The maximum absolute atomic E-state index is 3.97. The van der Waals surface area contributed by atoms with Crippen molar-refractivity contribution in [2.24, 2.45) is 11.3 Å². The Balaban J connectivity index is 3.81. The van der Waals surface area contributed by atoms with E-state index >= 15 is 0 Å². The Morgan fingerprint density at radius 1 is 1.30 bits per heavy atom. The summed E-state index contributed by atoms with van der Waals surface area (Å²) in [7, 11) is 0. The van der Waals surface area contributed by atoms with Gasteiger partial charge in [-0.3, -0.25) is 0 Å². The van der Waals surface area contributed by atoms with E-state index in [1.165, 1.54) is 12.8 Å². The van der Waals surface area contributed by atoms with Gasteiger partial charge in [-0.15, -0.1) is 0 Å². The highest BCUT2D eigenvalue weighted by molar-refractivity contribution is 4.73. The molecule has 0 N–H and O–H groups in total. The van der Waals surface area contributed by atoms with Gasteiger partial charge in [-0.2, -0.15) is 0 Å². The van der Waals surface area contributed by atoms with Gasteiger partial charge in [0.25, 0.3) is 0 Å². The van der Waals surface area contributed by atoms with Crippen molar-refractivity contribution >= 4 is 0 Å². The summed E-state index contributed by atoms with van der Waals surface area (Å²) in [6.45, 7) is 13.1. The Bertz CT molecular complexity index is 76.5. The van der Waals surface area contributed by atoms with Crippen LogP contribution >= 0.6 is 0 Å². The van der Waals surface area contributed by atoms with Crippen LogP contribution < -0.4 is 0 Å². The van der Waals surface area contributed by atoms with E-state index in [1.807, 2.05) is 0 Å². The molecular formula is C10H21. The highest BCUT2D eigenvalue weighted by atomic mass is 14.3. The Hall–Kier alpha value is 0. The third-order valence-electron chi connectivity index (χ3n) is 2.21. The molecule has 0 heterocycles. The van der Waals surface area contributed by atoms with Crippen LogP contribution in [0.3, 0.4) is 0 Å². The molecule has 0 rings (SSSR count). The zero-order valence-corrected chi connectivity index (χ0v) is 7.91. The van der Waals surface area contributed by atoms with Crippen molar-refractivity contribution in [2.45, 2.75) is 47.0 Å². The van der Waals surface area contributed by atoms with Crippen molar-refractivity contribution in [3.63, 3.8) is 0 Å². The van der Waals surface area contributed by atoms with Gasteiger partial charge in [0.15, 0.2) is 0 Å². The van der Waals surface area contributed by atoms with Crippen LogP contribution in [0.15, 0.2) is 0 Å². The summed E-state index contributed by atoms with van der Waals surface area (Å²) in [5, 5.41) is 0. The molecule has 1 radical (unpaired) electrons. The molecule has 0 spiro atoms. The van der Waals surface area contributed by atoms with Crippen LogP contribution in [0.1, 0.15) is 47.0 Å². The van der Waals surface area contributed by atoms with E-state index in [-0.39, 0.29) is 0 Å². The topological polar surface area (TPSA) is 0 Å². The Morgan fingerprint density at radius 3 is 1.90 bits per heavy atom. The maximum Gasteiger partial charge on any atom is -0.0354 e. The fraction of sp³-hybridized carbons (Fsp3) is 0.900. The molecule has 0 aromatic heterocycles. The minimum atomic E-state index is 0.456. The molecule has 1 unspecified atom stereocenters. The molecule has 0 bridgehead atoms. The summed E-state index contributed by atoms with van der Waals surface area (Å²) in [5.41, 5.74) is 0.456. The molecule has 61 valence electrons. The van der Waals surface area contributed by atoms with Crippen molar-refractivity contribution in [3.8, 4) is 0 Å². The van der Waals surface area contributed by atoms with Gasteiger partial charge < -0.3 is 0 Å². The molecule has 0 saturated heterocycles. The second-order valence-corrected chi connectivity index (χ2v) is 4.14. The summed E-state index contributed by atoms with van der Waals surface area (Å²) in [4.78, 5) is 0. The molecule has 0 aromatic rings. The first-order chi connectivity index (χ1) is 4.52. The summed E-state index contributed by atoms with van der Waals surface area (Å²) in [6, 6.07) is 0. The highest BCUT2D eigenvalue weighted by Gasteiger charge is 2.21. The Kier molecular flexibility index (Phi) is 4.00. The van der Waals surface area contributed by atoms with E-state index in [9.17, 15) is 0 Å². The molecule has 0 amide bonds. The van der Waals surface area contributed by atoms with Gasteiger partial charge >= 0.3 is 0 Å². The maximum atomic E-state index is 3.97.